The highest BCUT2D eigenvalue weighted by molar-refractivity contribution is 5.93. The Bertz CT molecular complexity index is 683. The zero-order chi connectivity index (χ0) is 15.8. The molecule has 22 heavy (non-hydrogen) atoms. The first-order valence-corrected chi connectivity index (χ1v) is 7.14. The molecule has 0 bridgehead atoms. The molecule has 1 N–H and O–H groups in total. The molecule has 0 spiro atoms. The number of hydrogen-bond donors (Lipinski definition) is 1. The topological polar surface area (TPSA) is 38.3 Å². The lowest BCUT2D eigenvalue weighted by Crippen LogP contribution is -2.28. The molecule has 2 rings (SSSR count). The van der Waals surface area contributed by atoms with Gasteiger partial charge in [0, 0.05) is 0 Å². The van der Waals surface area contributed by atoms with E-state index >= 15 is 0 Å². The van der Waals surface area contributed by atoms with Gasteiger partial charge in [-0.1, -0.05) is 48.4 Å². The Morgan fingerprint density at radius 2 is 1.95 bits per heavy atom. The third-order valence-electron chi connectivity index (χ3n) is 3.32. The van der Waals surface area contributed by atoms with E-state index in [1.165, 1.54) is 0 Å². The molecular formula is C19H19NO2. The van der Waals surface area contributed by atoms with Crippen LogP contribution in [0.1, 0.15) is 24.1 Å². The van der Waals surface area contributed by atoms with Gasteiger partial charge in [0.25, 0.3) is 5.91 Å². The first-order valence-electron chi connectivity index (χ1n) is 7.14. The van der Waals surface area contributed by atoms with Crippen molar-refractivity contribution >= 4 is 5.91 Å². The van der Waals surface area contributed by atoms with E-state index in [2.05, 4.69) is 17.2 Å². The van der Waals surface area contributed by atoms with Crippen molar-refractivity contribution in [1.29, 1.82) is 0 Å². The number of ether oxygens (including phenoxy) is 1. The molecule has 0 aliphatic rings. The molecule has 0 aliphatic heterocycles. The predicted molar refractivity (Wildman–Crippen MR) is 87.5 cm³/mol. The van der Waals surface area contributed by atoms with E-state index in [0.717, 1.165) is 16.9 Å². The minimum Gasteiger partial charge on any atom is -0.497 e. The van der Waals surface area contributed by atoms with Crippen LogP contribution in [0.4, 0.5) is 0 Å². The minimum atomic E-state index is -0.265. The van der Waals surface area contributed by atoms with Gasteiger partial charge in [0.1, 0.15) is 5.75 Å². The van der Waals surface area contributed by atoms with Crippen molar-refractivity contribution in [2.75, 3.05) is 7.11 Å². The minimum absolute atomic E-state index is 0.123. The number of hydrogen-bond acceptors (Lipinski definition) is 2. The van der Waals surface area contributed by atoms with Gasteiger partial charge in [-0.15, -0.1) is 0 Å². The van der Waals surface area contributed by atoms with E-state index in [1.54, 1.807) is 14.0 Å². The summed E-state index contributed by atoms with van der Waals surface area (Å²) in [6.07, 6.45) is 0.679. The summed E-state index contributed by atoms with van der Waals surface area (Å²) in [7, 11) is 1.65. The third-order valence-corrected chi connectivity index (χ3v) is 3.32. The Balaban J connectivity index is 2.23. The molecule has 3 nitrogen and oxygen atoms in total. The molecule has 0 heterocycles. The molecule has 3 heteroatoms. The number of methoxy groups -OCH3 is 1. The molecule has 0 fully saturated rings. The lowest BCUT2D eigenvalue weighted by molar-refractivity contribution is -0.116. The number of carbonyl (C=O) groups excluding carboxylic acids is 1. The van der Waals surface area contributed by atoms with E-state index in [-0.39, 0.29) is 11.9 Å². The van der Waals surface area contributed by atoms with Crippen molar-refractivity contribution in [3.63, 3.8) is 0 Å². The average Bonchev–Trinajstić information content (AvgIpc) is 2.55. The maximum atomic E-state index is 11.8. The smallest absolute Gasteiger partial charge is 0.296 e. The maximum absolute atomic E-state index is 11.8. The number of amides is 1. The Kier molecular flexibility index (Phi) is 5.62. The molecule has 0 saturated carbocycles. The van der Waals surface area contributed by atoms with Gasteiger partial charge in [-0.25, -0.2) is 0 Å². The van der Waals surface area contributed by atoms with Gasteiger partial charge in [-0.2, -0.15) is 0 Å². The van der Waals surface area contributed by atoms with E-state index in [9.17, 15) is 4.79 Å². The molecule has 1 atom stereocenters. The van der Waals surface area contributed by atoms with Crippen molar-refractivity contribution < 1.29 is 9.53 Å². The summed E-state index contributed by atoms with van der Waals surface area (Å²) in [5.74, 6) is 5.70. The highest BCUT2D eigenvalue weighted by atomic mass is 16.5. The molecule has 2 aromatic carbocycles. The summed E-state index contributed by atoms with van der Waals surface area (Å²) in [4.78, 5) is 11.8. The molecule has 112 valence electrons. The van der Waals surface area contributed by atoms with Crippen LogP contribution in [0.15, 0.2) is 54.6 Å². The fourth-order valence-corrected chi connectivity index (χ4v) is 2.28. The summed E-state index contributed by atoms with van der Waals surface area (Å²) in [6.45, 7) is 1.65. The van der Waals surface area contributed by atoms with Gasteiger partial charge in [0.05, 0.1) is 13.2 Å². The van der Waals surface area contributed by atoms with E-state index < -0.39 is 0 Å². The number of rotatable bonds is 5. The third kappa shape index (κ3) is 4.39. The fraction of sp³-hybridized carbons (Fsp3) is 0.211. The quantitative estimate of drug-likeness (QED) is 0.860. The maximum Gasteiger partial charge on any atom is 0.296 e. The van der Waals surface area contributed by atoms with Gasteiger partial charge in [-0.3, -0.25) is 4.79 Å². The molecule has 0 aromatic heterocycles. The second-order valence-corrected chi connectivity index (χ2v) is 4.87. The molecular weight excluding hydrogens is 274 g/mol. The van der Waals surface area contributed by atoms with Gasteiger partial charge in [-0.05, 0) is 42.5 Å². The monoisotopic (exact) mass is 293 g/mol. The molecule has 2 aromatic rings. The molecule has 0 radical (unpaired) electrons. The summed E-state index contributed by atoms with van der Waals surface area (Å²) >= 11 is 0. The van der Waals surface area contributed by atoms with E-state index in [4.69, 9.17) is 4.74 Å². The van der Waals surface area contributed by atoms with Crippen molar-refractivity contribution in [3.05, 3.63) is 65.7 Å². The second kappa shape index (κ2) is 7.90. The van der Waals surface area contributed by atoms with Crippen LogP contribution in [0.5, 0.6) is 5.75 Å². The highest BCUT2D eigenvalue weighted by Gasteiger charge is 2.14. The van der Waals surface area contributed by atoms with Crippen LogP contribution >= 0.6 is 0 Å². The first-order chi connectivity index (χ1) is 10.7. The Morgan fingerprint density at radius 3 is 2.64 bits per heavy atom. The lowest BCUT2D eigenvalue weighted by atomic mass is 9.98. The van der Waals surface area contributed by atoms with Gasteiger partial charge in [0.2, 0.25) is 0 Å². The fourth-order valence-electron chi connectivity index (χ4n) is 2.28. The first kappa shape index (κ1) is 15.7. The van der Waals surface area contributed by atoms with Crippen LogP contribution in [-0.4, -0.2) is 13.0 Å². The van der Waals surface area contributed by atoms with Crippen LogP contribution in [0.3, 0.4) is 0 Å². The van der Waals surface area contributed by atoms with Gasteiger partial charge < -0.3 is 10.1 Å². The van der Waals surface area contributed by atoms with Crippen LogP contribution in [0.25, 0.3) is 0 Å². The van der Waals surface area contributed by atoms with Gasteiger partial charge in [0.15, 0.2) is 0 Å². The van der Waals surface area contributed by atoms with Crippen LogP contribution in [0.2, 0.25) is 0 Å². The Hall–Kier alpha value is -2.73. The van der Waals surface area contributed by atoms with E-state index in [1.807, 2.05) is 54.6 Å². The lowest BCUT2D eigenvalue weighted by Gasteiger charge is -2.18. The SMILES string of the molecule is CC#CC(=O)NC(Cc1cccc(OC)c1)c1ccccc1. The zero-order valence-corrected chi connectivity index (χ0v) is 12.8. The van der Waals surface area contributed by atoms with E-state index in [0.29, 0.717) is 6.42 Å². The Labute approximate surface area is 131 Å². The largest absolute Gasteiger partial charge is 0.497 e. The van der Waals surface area contributed by atoms with Crippen molar-refractivity contribution in [1.82, 2.24) is 5.32 Å². The normalized spacial score (nSPS) is 11.0. The summed E-state index contributed by atoms with van der Waals surface area (Å²) in [5.41, 5.74) is 2.15. The van der Waals surface area contributed by atoms with Crippen molar-refractivity contribution in [2.24, 2.45) is 0 Å². The number of benzene rings is 2. The van der Waals surface area contributed by atoms with Crippen molar-refractivity contribution in [3.8, 4) is 17.6 Å². The molecule has 1 amide bonds. The number of nitrogens with one attached hydrogen (secondary N) is 1. The van der Waals surface area contributed by atoms with Crippen LogP contribution in [0, 0.1) is 11.8 Å². The predicted octanol–water partition coefficient (Wildman–Crippen LogP) is 3.12. The summed E-state index contributed by atoms with van der Waals surface area (Å²) in [6, 6.07) is 17.6. The highest BCUT2D eigenvalue weighted by Crippen LogP contribution is 2.21. The summed E-state index contributed by atoms with van der Waals surface area (Å²) in [5, 5.41) is 2.97. The average molecular weight is 293 g/mol. The second-order valence-electron chi connectivity index (χ2n) is 4.87. The van der Waals surface area contributed by atoms with Gasteiger partial charge >= 0.3 is 0 Å². The zero-order valence-electron chi connectivity index (χ0n) is 12.8. The Morgan fingerprint density at radius 1 is 1.18 bits per heavy atom. The van der Waals surface area contributed by atoms with Crippen molar-refractivity contribution in [2.45, 2.75) is 19.4 Å². The molecule has 0 aliphatic carbocycles. The summed E-state index contributed by atoms with van der Waals surface area (Å²) < 4.78 is 5.25. The number of carbonyl (C=O) groups is 1. The standard InChI is InChI=1S/C19H19NO2/c1-3-8-19(21)20-18(16-10-5-4-6-11-16)14-15-9-7-12-17(13-15)22-2/h4-7,9-13,18H,14H2,1-2H3,(H,20,21). The molecule has 0 saturated heterocycles. The molecule has 1 unspecified atom stereocenters. The van der Waals surface area contributed by atoms with Crippen LogP contribution < -0.4 is 10.1 Å². The van der Waals surface area contributed by atoms with Crippen LogP contribution in [-0.2, 0) is 11.2 Å².